The summed E-state index contributed by atoms with van der Waals surface area (Å²) in [6, 6.07) is 0. The van der Waals surface area contributed by atoms with Crippen molar-refractivity contribution in [3.05, 3.63) is 0 Å². The van der Waals surface area contributed by atoms with Crippen LogP contribution in [0.2, 0.25) is 0 Å². The van der Waals surface area contributed by atoms with Gasteiger partial charge in [0.15, 0.2) is 0 Å². The first-order valence-electron chi connectivity index (χ1n) is 9.38. The van der Waals surface area contributed by atoms with E-state index in [0.717, 1.165) is 45.4 Å². The molecule has 3 aliphatic rings. The van der Waals surface area contributed by atoms with Gasteiger partial charge in [-0.2, -0.15) is 0 Å². The van der Waals surface area contributed by atoms with Gasteiger partial charge in [0.05, 0.1) is 13.2 Å². The van der Waals surface area contributed by atoms with E-state index in [2.05, 4.69) is 16.8 Å². The highest BCUT2D eigenvalue weighted by Crippen LogP contribution is 2.35. The standard InChI is InChI=1S/C18H34N2O2/c1-19(9-5-17-6-12-22-15-17)16-18(7-3-2-4-8-18)20-10-13-21-14-11-20/h17H,2-16H2,1H3/t17-/m1/s1. The van der Waals surface area contributed by atoms with Crippen LogP contribution in [0, 0.1) is 5.92 Å². The normalized spacial score (nSPS) is 30.0. The molecule has 2 aliphatic heterocycles. The van der Waals surface area contributed by atoms with Gasteiger partial charge in [-0.25, -0.2) is 0 Å². The molecule has 0 amide bonds. The van der Waals surface area contributed by atoms with E-state index in [4.69, 9.17) is 9.47 Å². The van der Waals surface area contributed by atoms with Gasteiger partial charge in [0.2, 0.25) is 0 Å². The van der Waals surface area contributed by atoms with E-state index in [-0.39, 0.29) is 0 Å². The van der Waals surface area contributed by atoms with E-state index in [9.17, 15) is 0 Å². The van der Waals surface area contributed by atoms with Crippen LogP contribution in [0.25, 0.3) is 0 Å². The molecule has 1 aliphatic carbocycles. The number of likely N-dealkylation sites (N-methyl/N-ethyl adjacent to an activating group) is 1. The van der Waals surface area contributed by atoms with Crippen LogP contribution >= 0.6 is 0 Å². The molecule has 128 valence electrons. The Bertz CT molecular complexity index is 319. The third-order valence-electron chi connectivity index (χ3n) is 5.97. The maximum Gasteiger partial charge on any atom is 0.0594 e. The third-order valence-corrected chi connectivity index (χ3v) is 5.97. The Morgan fingerprint density at radius 1 is 1.05 bits per heavy atom. The minimum absolute atomic E-state index is 0.420. The summed E-state index contributed by atoms with van der Waals surface area (Å²) < 4.78 is 11.1. The zero-order valence-corrected chi connectivity index (χ0v) is 14.4. The third kappa shape index (κ3) is 4.22. The molecule has 1 saturated carbocycles. The number of hydrogen-bond acceptors (Lipinski definition) is 4. The van der Waals surface area contributed by atoms with Crippen LogP contribution in [-0.4, -0.2) is 75.0 Å². The molecular weight excluding hydrogens is 276 g/mol. The molecular formula is C18H34N2O2. The molecule has 0 radical (unpaired) electrons. The van der Waals surface area contributed by atoms with Gasteiger partial charge in [-0.3, -0.25) is 4.90 Å². The van der Waals surface area contributed by atoms with Gasteiger partial charge in [0, 0.05) is 38.4 Å². The predicted molar refractivity (Wildman–Crippen MR) is 89.2 cm³/mol. The van der Waals surface area contributed by atoms with Crippen LogP contribution in [0.15, 0.2) is 0 Å². The number of hydrogen-bond donors (Lipinski definition) is 0. The molecule has 0 aromatic rings. The Labute approximate surface area is 136 Å². The average Bonchev–Trinajstić information content (AvgIpc) is 3.08. The lowest BCUT2D eigenvalue weighted by Crippen LogP contribution is -2.59. The van der Waals surface area contributed by atoms with Crippen LogP contribution in [0.3, 0.4) is 0 Å². The second-order valence-corrected chi connectivity index (χ2v) is 7.64. The SMILES string of the molecule is CN(CC[C@@H]1CCOC1)CC1(N2CCOCC2)CCCCC1. The van der Waals surface area contributed by atoms with E-state index < -0.39 is 0 Å². The first-order valence-corrected chi connectivity index (χ1v) is 9.38. The molecule has 0 aromatic carbocycles. The van der Waals surface area contributed by atoms with E-state index in [0.29, 0.717) is 5.54 Å². The lowest BCUT2D eigenvalue weighted by atomic mass is 9.79. The Hall–Kier alpha value is -0.160. The first kappa shape index (κ1) is 16.7. The van der Waals surface area contributed by atoms with Crippen molar-refractivity contribution in [2.24, 2.45) is 5.92 Å². The summed E-state index contributed by atoms with van der Waals surface area (Å²) in [5.74, 6) is 0.799. The van der Waals surface area contributed by atoms with Gasteiger partial charge < -0.3 is 14.4 Å². The molecule has 2 saturated heterocycles. The quantitative estimate of drug-likeness (QED) is 0.752. The lowest BCUT2D eigenvalue weighted by molar-refractivity contribution is -0.0487. The van der Waals surface area contributed by atoms with Crippen molar-refractivity contribution in [3.8, 4) is 0 Å². The van der Waals surface area contributed by atoms with Crippen molar-refractivity contribution in [2.45, 2.75) is 50.5 Å². The summed E-state index contributed by atoms with van der Waals surface area (Å²) >= 11 is 0. The second kappa shape index (κ2) is 8.09. The van der Waals surface area contributed by atoms with Crippen molar-refractivity contribution < 1.29 is 9.47 Å². The van der Waals surface area contributed by atoms with Crippen molar-refractivity contribution in [1.29, 1.82) is 0 Å². The predicted octanol–water partition coefficient (Wildman–Crippen LogP) is 2.38. The molecule has 0 unspecified atom stereocenters. The van der Waals surface area contributed by atoms with Crippen LogP contribution in [0.4, 0.5) is 0 Å². The van der Waals surface area contributed by atoms with E-state index >= 15 is 0 Å². The smallest absolute Gasteiger partial charge is 0.0594 e. The van der Waals surface area contributed by atoms with Crippen molar-refractivity contribution in [2.75, 3.05) is 59.7 Å². The monoisotopic (exact) mass is 310 g/mol. The van der Waals surface area contributed by atoms with E-state index in [1.165, 1.54) is 58.0 Å². The Morgan fingerprint density at radius 2 is 1.82 bits per heavy atom. The summed E-state index contributed by atoms with van der Waals surface area (Å²) in [6.07, 6.45) is 9.56. The lowest BCUT2D eigenvalue weighted by Gasteiger charge is -2.49. The summed E-state index contributed by atoms with van der Waals surface area (Å²) in [4.78, 5) is 5.35. The van der Waals surface area contributed by atoms with Gasteiger partial charge in [0.25, 0.3) is 0 Å². The second-order valence-electron chi connectivity index (χ2n) is 7.64. The summed E-state index contributed by atoms with van der Waals surface area (Å²) in [6.45, 7) is 8.53. The van der Waals surface area contributed by atoms with E-state index in [1.54, 1.807) is 0 Å². The number of nitrogens with zero attached hydrogens (tertiary/aromatic N) is 2. The summed E-state index contributed by atoms with van der Waals surface area (Å²) in [7, 11) is 2.33. The fraction of sp³-hybridized carbons (Fsp3) is 1.00. The van der Waals surface area contributed by atoms with Crippen LogP contribution in [0.5, 0.6) is 0 Å². The summed E-state index contributed by atoms with van der Waals surface area (Å²) in [5.41, 5.74) is 0.420. The topological polar surface area (TPSA) is 24.9 Å². The Balaban J connectivity index is 1.54. The van der Waals surface area contributed by atoms with Crippen molar-refractivity contribution in [3.63, 3.8) is 0 Å². The molecule has 0 spiro atoms. The largest absolute Gasteiger partial charge is 0.381 e. The summed E-state index contributed by atoms with van der Waals surface area (Å²) in [5, 5.41) is 0. The highest BCUT2D eigenvalue weighted by atomic mass is 16.5. The van der Waals surface area contributed by atoms with Crippen LogP contribution in [0.1, 0.15) is 44.9 Å². The zero-order valence-electron chi connectivity index (χ0n) is 14.4. The first-order chi connectivity index (χ1) is 10.8. The van der Waals surface area contributed by atoms with Gasteiger partial charge >= 0.3 is 0 Å². The van der Waals surface area contributed by atoms with Gasteiger partial charge in [-0.15, -0.1) is 0 Å². The van der Waals surface area contributed by atoms with Gasteiger partial charge in [0.1, 0.15) is 0 Å². The number of ether oxygens (including phenoxy) is 2. The zero-order chi connectivity index (χ0) is 15.3. The minimum Gasteiger partial charge on any atom is -0.381 e. The molecule has 3 rings (SSSR count). The fourth-order valence-electron chi connectivity index (χ4n) is 4.62. The molecule has 0 bridgehead atoms. The number of rotatable bonds is 6. The maximum atomic E-state index is 5.59. The highest BCUT2D eigenvalue weighted by Gasteiger charge is 2.39. The average molecular weight is 310 g/mol. The van der Waals surface area contributed by atoms with Crippen molar-refractivity contribution >= 4 is 0 Å². The van der Waals surface area contributed by atoms with Crippen molar-refractivity contribution in [1.82, 2.24) is 9.80 Å². The molecule has 3 fully saturated rings. The molecule has 22 heavy (non-hydrogen) atoms. The van der Waals surface area contributed by atoms with Gasteiger partial charge in [-0.1, -0.05) is 19.3 Å². The van der Waals surface area contributed by atoms with Gasteiger partial charge in [-0.05, 0) is 45.2 Å². The molecule has 0 aromatic heterocycles. The Morgan fingerprint density at radius 3 is 2.50 bits per heavy atom. The van der Waals surface area contributed by atoms with Crippen LogP contribution in [-0.2, 0) is 9.47 Å². The molecule has 2 heterocycles. The molecule has 4 nitrogen and oxygen atoms in total. The maximum absolute atomic E-state index is 5.59. The van der Waals surface area contributed by atoms with E-state index in [1.807, 2.05) is 0 Å². The molecule has 0 N–H and O–H groups in total. The van der Waals surface area contributed by atoms with Crippen LogP contribution < -0.4 is 0 Å². The molecule has 4 heteroatoms. The molecule has 1 atom stereocenters. The Kier molecular flexibility index (Phi) is 6.14. The fourth-order valence-corrected chi connectivity index (χ4v) is 4.62. The minimum atomic E-state index is 0.420. The highest BCUT2D eigenvalue weighted by molar-refractivity contribution is 4.96. The number of morpholine rings is 1.